The van der Waals surface area contributed by atoms with Crippen LogP contribution < -0.4 is 4.72 Å². The molecule has 124 valence electrons. The second kappa shape index (κ2) is 7.09. The lowest BCUT2D eigenvalue weighted by Crippen LogP contribution is -2.26. The molecule has 1 heterocycles. The molecule has 3 rings (SSSR count). The third-order valence-corrected chi connectivity index (χ3v) is 6.25. The number of ether oxygens (including phenoxy) is 1. The molecule has 1 aromatic heterocycles. The van der Waals surface area contributed by atoms with Crippen molar-refractivity contribution < 1.29 is 13.2 Å². The van der Waals surface area contributed by atoms with Crippen LogP contribution in [0, 0.1) is 0 Å². The third-order valence-electron chi connectivity index (χ3n) is 3.92. The van der Waals surface area contributed by atoms with E-state index in [0.29, 0.717) is 24.5 Å². The monoisotopic (exact) mass is 352 g/mol. The van der Waals surface area contributed by atoms with Crippen LogP contribution in [0.5, 0.6) is 0 Å². The molecule has 0 amide bonds. The van der Waals surface area contributed by atoms with Gasteiger partial charge < -0.3 is 4.74 Å². The molecule has 0 saturated heterocycles. The first-order valence-corrected chi connectivity index (χ1v) is 9.98. The van der Waals surface area contributed by atoms with Crippen LogP contribution in [-0.4, -0.2) is 27.1 Å². The van der Waals surface area contributed by atoms with E-state index in [-0.39, 0.29) is 0 Å². The van der Waals surface area contributed by atoms with Gasteiger partial charge in [0.1, 0.15) is 5.01 Å². The van der Waals surface area contributed by atoms with E-state index in [0.717, 1.165) is 35.5 Å². The number of thiazole rings is 1. The normalized spacial score (nSPS) is 14.1. The number of hydrogen-bond acceptors (Lipinski definition) is 5. The quantitative estimate of drug-likeness (QED) is 0.830. The topological polar surface area (TPSA) is 68.3 Å². The molecular weight excluding hydrogens is 332 g/mol. The second-order valence-corrected chi connectivity index (χ2v) is 8.31. The fraction of sp³-hybridized carbons (Fsp3) is 0.438. The van der Waals surface area contributed by atoms with Crippen LogP contribution in [-0.2, 0) is 40.6 Å². The van der Waals surface area contributed by atoms with Gasteiger partial charge in [0.25, 0.3) is 0 Å². The van der Waals surface area contributed by atoms with Crippen molar-refractivity contribution in [2.75, 3.05) is 13.7 Å². The lowest BCUT2D eigenvalue weighted by Gasteiger charge is -2.08. The Kier molecular flexibility index (Phi) is 5.11. The molecule has 0 spiro atoms. The standard InChI is InChI=1S/C16H20N2O3S2/c1-21-10-16-18-14(11-22-16)7-8-17-23(19,20)15-6-5-12-3-2-4-13(12)9-15/h5-6,9,11,17H,2-4,7-8,10H2,1H3. The number of aromatic nitrogens is 1. The van der Waals surface area contributed by atoms with Gasteiger partial charge in [0.2, 0.25) is 10.0 Å². The maximum atomic E-state index is 12.4. The molecule has 1 aromatic carbocycles. The zero-order valence-electron chi connectivity index (χ0n) is 13.0. The molecule has 0 unspecified atom stereocenters. The summed E-state index contributed by atoms with van der Waals surface area (Å²) in [6, 6.07) is 5.45. The number of nitrogens with zero attached hydrogens (tertiary/aromatic N) is 1. The molecule has 2 aromatic rings. The lowest BCUT2D eigenvalue weighted by molar-refractivity contribution is 0.184. The number of rotatable bonds is 7. The minimum Gasteiger partial charge on any atom is -0.378 e. The summed E-state index contributed by atoms with van der Waals surface area (Å²) in [4.78, 5) is 4.76. The van der Waals surface area contributed by atoms with E-state index in [1.165, 1.54) is 16.9 Å². The summed E-state index contributed by atoms with van der Waals surface area (Å²) in [6.07, 6.45) is 3.71. The Bertz CT molecular complexity index is 784. The Balaban J connectivity index is 1.60. The third kappa shape index (κ3) is 3.98. The van der Waals surface area contributed by atoms with E-state index in [9.17, 15) is 8.42 Å². The van der Waals surface area contributed by atoms with Crippen molar-refractivity contribution in [1.82, 2.24) is 9.71 Å². The number of sulfonamides is 1. The minimum atomic E-state index is -3.45. The lowest BCUT2D eigenvalue weighted by atomic mass is 10.1. The fourth-order valence-corrected chi connectivity index (χ4v) is 4.65. The molecule has 7 heteroatoms. The van der Waals surface area contributed by atoms with Crippen molar-refractivity contribution >= 4 is 21.4 Å². The van der Waals surface area contributed by atoms with Crippen LogP contribution >= 0.6 is 11.3 Å². The summed E-state index contributed by atoms with van der Waals surface area (Å²) >= 11 is 1.53. The first kappa shape index (κ1) is 16.6. The molecule has 0 fully saturated rings. The predicted molar refractivity (Wildman–Crippen MR) is 90.2 cm³/mol. The van der Waals surface area contributed by atoms with Crippen LogP contribution in [0.4, 0.5) is 0 Å². The highest BCUT2D eigenvalue weighted by Gasteiger charge is 2.18. The SMILES string of the molecule is COCc1nc(CCNS(=O)(=O)c2ccc3c(c2)CCC3)cs1. The summed E-state index contributed by atoms with van der Waals surface area (Å²) in [5, 5.41) is 2.85. The fourth-order valence-electron chi connectivity index (χ4n) is 2.77. The smallest absolute Gasteiger partial charge is 0.240 e. The molecule has 23 heavy (non-hydrogen) atoms. The molecule has 0 bridgehead atoms. The first-order chi connectivity index (χ1) is 11.1. The van der Waals surface area contributed by atoms with Gasteiger partial charge in [-0.3, -0.25) is 0 Å². The van der Waals surface area contributed by atoms with Gasteiger partial charge in [0.15, 0.2) is 0 Å². The zero-order chi connectivity index (χ0) is 16.3. The summed E-state index contributed by atoms with van der Waals surface area (Å²) in [6.45, 7) is 0.834. The molecule has 1 aliphatic rings. The Hall–Kier alpha value is -1.28. The molecular formula is C16H20N2O3S2. The number of hydrogen-bond donors (Lipinski definition) is 1. The average Bonchev–Trinajstić information content (AvgIpc) is 3.15. The van der Waals surface area contributed by atoms with Crippen molar-refractivity contribution in [3.05, 3.63) is 45.4 Å². The van der Waals surface area contributed by atoms with Crippen LogP contribution in [0.2, 0.25) is 0 Å². The van der Waals surface area contributed by atoms with E-state index in [1.54, 1.807) is 13.2 Å². The second-order valence-electron chi connectivity index (χ2n) is 5.60. The Morgan fingerprint density at radius 3 is 2.96 bits per heavy atom. The van der Waals surface area contributed by atoms with Gasteiger partial charge in [-0.05, 0) is 42.5 Å². The van der Waals surface area contributed by atoms with Crippen LogP contribution in [0.25, 0.3) is 0 Å². The predicted octanol–water partition coefficient (Wildman–Crippen LogP) is 2.30. The van der Waals surface area contributed by atoms with E-state index < -0.39 is 10.0 Å². The molecule has 0 atom stereocenters. The highest BCUT2D eigenvalue weighted by Crippen LogP contribution is 2.24. The maximum Gasteiger partial charge on any atom is 0.240 e. The molecule has 1 N–H and O–H groups in total. The molecule has 0 saturated carbocycles. The molecule has 1 aliphatic carbocycles. The van der Waals surface area contributed by atoms with Crippen LogP contribution in [0.3, 0.4) is 0 Å². The highest BCUT2D eigenvalue weighted by atomic mass is 32.2. The Morgan fingerprint density at radius 1 is 1.30 bits per heavy atom. The van der Waals surface area contributed by atoms with Crippen molar-refractivity contribution in [3.8, 4) is 0 Å². The average molecular weight is 352 g/mol. The summed E-state index contributed by atoms with van der Waals surface area (Å²) in [7, 11) is -1.82. The van der Waals surface area contributed by atoms with Crippen molar-refractivity contribution in [2.45, 2.75) is 37.2 Å². The van der Waals surface area contributed by atoms with E-state index >= 15 is 0 Å². The zero-order valence-corrected chi connectivity index (χ0v) is 14.7. The largest absolute Gasteiger partial charge is 0.378 e. The van der Waals surface area contributed by atoms with Gasteiger partial charge in [0.05, 0.1) is 17.2 Å². The number of nitrogens with one attached hydrogen (secondary N) is 1. The van der Waals surface area contributed by atoms with Gasteiger partial charge in [-0.2, -0.15) is 0 Å². The van der Waals surface area contributed by atoms with E-state index in [1.807, 2.05) is 17.5 Å². The van der Waals surface area contributed by atoms with E-state index in [2.05, 4.69) is 9.71 Å². The number of fused-ring (bicyclic) bond motifs is 1. The molecule has 0 radical (unpaired) electrons. The van der Waals surface area contributed by atoms with Crippen molar-refractivity contribution in [3.63, 3.8) is 0 Å². The van der Waals surface area contributed by atoms with Crippen molar-refractivity contribution in [2.24, 2.45) is 0 Å². The maximum absolute atomic E-state index is 12.4. The number of methoxy groups -OCH3 is 1. The highest BCUT2D eigenvalue weighted by molar-refractivity contribution is 7.89. The van der Waals surface area contributed by atoms with Gasteiger partial charge in [-0.15, -0.1) is 11.3 Å². The summed E-state index contributed by atoms with van der Waals surface area (Å²) in [5.74, 6) is 0. The van der Waals surface area contributed by atoms with Gasteiger partial charge >= 0.3 is 0 Å². The first-order valence-electron chi connectivity index (χ1n) is 7.62. The minimum absolute atomic E-state index is 0.343. The number of aryl methyl sites for hydroxylation is 2. The van der Waals surface area contributed by atoms with Gasteiger partial charge in [-0.1, -0.05) is 6.07 Å². The van der Waals surface area contributed by atoms with E-state index in [4.69, 9.17) is 4.74 Å². The van der Waals surface area contributed by atoms with Gasteiger partial charge in [-0.25, -0.2) is 18.1 Å². The number of benzene rings is 1. The van der Waals surface area contributed by atoms with Crippen LogP contribution in [0.1, 0.15) is 28.2 Å². The Labute approximate surface area is 140 Å². The summed E-state index contributed by atoms with van der Waals surface area (Å²) in [5.41, 5.74) is 3.33. The molecule has 5 nitrogen and oxygen atoms in total. The van der Waals surface area contributed by atoms with Crippen molar-refractivity contribution in [1.29, 1.82) is 0 Å². The molecule has 0 aliphatic heterocycles. The van der Waals surface area contributed by atoms with Gasteiger partial charge in [0, 0.05) is 25.5 Å². The summed E-state index contributed by atoms with van der Waals surface area (Å²) < 4.78 is 32.5. The van der Waals surface area contributed by atoms with Crippen LogP contribution in [0.15, 0.2) is 28.5 Å². The Morgan fingerprint density at radius 2 is 2.13 bits per heavy atom.